The minimum Gasteiger partial charge on any atom is -0.428 e. The Morgan fingerprint density at radius 3 is 3.20 bits per heavy atom. The Bertz CT molecular complexity index is 629. The van der Waals surface area contributed by atoms with Crippen molar-refractivity contribution in [1.29, 1.82) is 0 Å². The lowest BCUT2D eigenvalue weighted by atomic mass is 10.1. The number of carbonyl (C=O) groups is 1. The minimum absolute atomic E-state index is 0.400. The first-order valence-corrected chi connectivity index (χ1v) is 4.34. The molecule has 5 heteroatoms. The standard InChI is InChI=1S/C10H5N3O2/c14-5-15-9-4-8-10(12-13-11-8)7-3-1-2-6(7)9/h1-5H. The van der Waals surface area contributed by atoms with E-state index >= 15 is 0 Å². The van der Waals surface area contributed by atoms with Crippen molar-refractivity contribution in [3.8, 4) is 5.75 Å². The molecule has 1 aliphatic carbocycles. The fourth-order valence-corrected chi connectivity index (χ4v) is 1.70. The van der Waals surface area contributed by atoms with Gasteiger partial charge in [0.15, 0.2) is 0 Å². The van der Waals surface area contributed by atoms with E-state index in [-0.39, 0.29) is 0 Å². The first kappa shape index (κ1) is 8.05. The van der Waals surface area contributed by atoms with Crippen molar-refractivity contribution in [3.63, 3.8) is 0 Å². The molecule has 0 fully saturated rings. The van der Waals surface area contributed by atoms with Crippen LogP contribution in [0.2, 0.25) is 0 Å². The van der Waals surface area contributed by atoms with Gasteiger partial charge in [-0.3, -0.25) is 4.79 Å². The molecule has 0 unspecified atom stereocenters. The van der Waals surface area contributed by atoms with Gasteiger partial charge in [0, 0.05) is 16.8 Å². The number of hydrogen-bond donors (Lipinski definition) is 0. The zero-order valence-corrected chi connectivity index (χ0v) is 7.54. The van der Waals surface area contributed by atoms with E-state index in [1.807, 2.05) is 18.2 Å². The first-order chi connectivity index (χ1) is 7.40. The van der Waals surface area contributed by atoms with E-state index in [1.54, 1.807) is 6.07 Å². The molecule has 0 bridgehead atoms. The molecule has 0 aromatic heterocycles. The Hall–Kier alpha value is -2.30. The smallest absolute Gasteiger partial charge is 0.298 e. The van der Waals surface area contributed by atoms with Gasteiger partial charge in [-0.25, -0.2) is 0 Å². The van der Waals surface area contributed by atoms with Crippen molar-refractivity contribution in [2.45, 2.75) is 0 Å². The molecule has 1 aromatic rings. The second kappa shape index (κ2) is 2.84. The van der Waals surface area contributed by atoms with Gasteiger partial charge in [0.05, 0.1) is 0 Å². The molecule has 72 valence electrons. The van der Waals surface area contributed by atoms with Crippen LogP contribution in [-0.4, -0.2) is 6.47 Å². The molecule has 0 saturated carbocycles. The minimum atomic E-state index is 0.400. The summed E-state index contributed by atoms with van der Waals surface area (Å²) in [4.78, 5) is 10.3. The van der Waals surface area contributed by atoms with Crippen LogP contribution in [0.15, 0.2) is 27.6 Å². The Morgan fingerprint density at radius 1 is 1.40 bits per heavy atom. The zero-order valence-electron chi connectivity index (χ0n) is 7.54. The Morgan fingerprint density at radius 2 is 2.33 bits per heavy atom. The van der Waals surface area contributed by atoms with Crippen molar-refractivity contribution >= 4 is 24.3 Å². The topological polar surface area (TPSA) is 63.4 Å². The number of rotatable bonds is 2. The molecule has 1 aromatic carbocycles. The molecule has 0 spiro atoms. The molecule has 5 nitrogen and oxygen atoms in total. The number of benzene rings is 1. The average molecular weight is 199 g/mol. The van der Waals surface area contributed by atoms with E-state index in [4.69, 9.17) is 4.74 Å². The molecule has 0 atom stereocenters. The third-order valence-corrected chi connectivity index (χ3v) is 2.32. The van der Waals surface area contributed by atoms with Crippen molar-refractivity contribution in [3.05, 3.63) is 28.3 Å². The molecule has 0 amide bonds. The molecular formula is C10H5N3O2. The Balaban J connectivity index is 2.39. The van der Waals surface area contributed by atoms with Crippen molar-refractivity contribution < 1.29 is 9.53 Å². The summed E-state index contributed by atoms with van der Waals surface area (Å²) in [5.74, 6) is 0.486. The van der Waals surface area contributed by atoms with Crippen LogP contribution in [0.25, 0.3) is 12.2 Å². The van der Waals surface area contributed by atoms with Gasteiger partial charge in [-0.2, -0.15) is 0 Å². The fourth-order valence-electron chi connectivity index (χ4n) is 1.70. The normalized spacial score (nSPS) is 14.1. The predicted octanol–water partition coefficient (Wildman–Crippen LogP) is 0.661. The van der Waals surface area contributed by atoms with Crippen LogP contribution >= 0.6 is 0 Å². The summed E-state index contributed by atoms with van der Waals surface area (Å²) < 4.78 is 4.88. The number of ether oxygens (including phenoxy) is 1. The second-order valence-electron chi connectivity index (χ2n) is 3.10. The second-order valence-corrected chi connectivity index (χ2v) is 3.10. The Kier molecular flexibility index (Phi) is 1.53. The van der Waals surface area contributed by atoms with E-state index in [1.165, 1.54) is 0 Å². The highest BCUT2D eigenvalue weighted by atomic mass is 16.5. The van der Waals surface area contributed by atoms with Gasteiger partial charge in [0.2, 0.25) is 0 Å². The summed E-state index contributed by atoms with van der Waals surface area (Å²) in [7, 11) is 0. The lowest BCUT2D eigenvalue weighted by Gasteiger charge is -2.01. The summed E-state index contributed by atoms with van der Waals surface area (Å²) in [6, 6.07) is 1.66. The zero-order chi connectivity index (χ0) is 10.3. The van der Waals surface area contributed by atoms with Crippen LogP contribution < -0.4 is 15.3 Å². The summed E-state index contributed by atoms with van der Waals surface area (Å²) in [6.45, 7) is 0.400. The predicted molar refractivity (Wildman–Crippen MR) is 51.9 cm³/mol. The third kappa shape index (κ3) is 1.03. The molecule has 1 aliphatic heterocycles. The van der Waals surface area contributed by atoms with E-state index in [9.17, 15) is 4.79 Å². The molecule has 2 aliphatic rings. The van der Waals surface area contributed by atoms with Gasteiger partial charge in [-0.15, -0.1) is 10.2 Å². The van der Waals surface area contributed by atoms with Crippen molar-refractivity contribution in [2.24, 2.45) is 15.4 Å². The average Bonchev–Trinajstić information content (AvgIpc) is 2.84. The van der Waals surface area contributed by atoms with Gasteiger partial charge in [0.25, 0.3) is 6.47 Å². The number of fused-ring (bicyclic) bond motifs is 3. The van der Waals surface area contributed by atoms with Crippen LogP contribution in [0, 0.1) is 0 Å². The summed E-state index contributed by atoms with van der Waals surface area (Å²) in [5.41, 5.74) is 1.63. The number of nitrogens with zero attached hydrogens (tertiary/aromatic N) is 3. The van der Waals surface area contributed by atoms with Crippen molar-refractivity contribution in [2.75, 3.05) is 0 Å². The maximum atomic E-state index is 10.3. The van der Waals surface area contributed by atoms with Gasteiger partial charge in [0.1, 0.15) is 16.8 Å². The maximum absolute atomic E-state index is 10.3. The van der Waals surface area contributed by atoms with E-state index < -0.39 is 0 Å². The highest BCUT2D eigenvalue weighted by Gasteiger charge is 2.14. The van der Waals surface area contributed by atoms with Gasteiger partial charge in [-0.1, -0.05) is 18.2 Å². The third-order valence-electron chi connectivity index (χ3n) is 2.32. The maximum Gasteiger partial charge on any atom is 0.298 e. The first-order valence-electron chi connectivity index (χ1n) is 4.34. The SMILES string of the molecule is O=COc1cc2c(c3c1=CC=C3)N=NN=2. The molecule has 0 saturated heterocycles. The lowest BCUT2D eigenvalue weighted by molar-refractivity contribution is -0.120. The van der Waals surface area contributed by atoms with Crippen molar-refractivity contribution in [1.82, 2.24) is 0 Å². The summed E-state index contributed by atoms with van der Waals surface area (Å²) in [6.07, 6.45) is 5.63. The van der Waals surface area contributed by atoms with Gasteiger partial charge >= 0.3 is 0 Å². The molecule has 15 heavy (non-hydrogen) atoms. The van der Waals surface area contributed by atoms with Crippen LogP contribution in [0.1, 0.15) is 5.56 Å². The van der Waals surface area contributed by atoms with E-state index in [2.05, 4.69) is 15.4 Å². The fraction of sp³-hybridized carbons (Fsp3) is 0. The summed E-state index contributed by atoms with van der Waals surface area (Å²) in [5, 5.41) is 12.8. The molecule has 0 N–H and O–H groups in total. The molecule has 3 rings (SSSR count). The van der Waals surface area contributed by atoms with Crippen LogP contribution in [-0.2, 0) is 4.79 Å². The lowest BCUT2D eigenvalue weighted by Crippen LogP contribution is -2.15. The summed E-state index contributed by atoms with van der Waals surface area (Å²) >= 11 is 0. The van der Waals surface area contributed by atoms with E-state index in [0.717, 1.165) is 16.5 Å². The van der Waals surface area contributed by atoms with Crippen LogP contribution in [0.5, 0.6) is 5.75 Å². The van der Waals surface area contributed by atoms with Crippen LogP contribution in [0.4, 0.5) is 5.69 Å². The van der Waals surface area contributed by atoms with E-state index in [0.29, 0.717) is 17.6 Å². The highest BCUT2D eigenvalue weighted by molar-refractivity contribution is 5.77. The Labute approximate surface area is 84.1 Å². The number of hydrogen-bond acceptors (Lipinski definition) is 5. The number of allylic oxidation sites excluding steroid dienone is 1. The van der Waals surface area contributed by atoms with Gasteiger partial charge in [-0.05, 0) is 5.22 Å². The largest absolute Gasteiger partial charge is 0.428 e. The van der Waals surface area contributed by atoms with Gasteiger partial charge < -0.3 is 4.74 Å². The molecule has 1 heterocycles. The molecular weight excluding hydrogens is 194 g/mol. The quantitative estimate of drug-likeness (QED) is 0.657. The monoisotopic (exact) mass is 199 g/mol. The highest BCUT2D eigenvalue weighted by Crippen LogP contribution is 2.21. The number of carbonyl (C=O) groups excluding carboxylic acids is 1. The van der Waals surface area contributed by atoms with Crippen LogP contribution in [0.3, 0.4) is 0 Å². The molecule has 0 radical (unpaired) electrons.